The van der Waals surface area contributed by atoms with Gasteiger partial charge in [-0.2, -0.15) is 0 Å². The van der Waals surface area contributed by atoms with Crippen LogP contribution in [0.15, 0.2) is 12.1 Å². The first kappa shape index (κ1) is 17.7. The summed E-state index contributed by atoms with van der Waals surface area (Å²) in [4.78, 5) is 13.7. The zero-order valence-corrected chi connectivity index (χ0v) is 12.5. The maximum atomic E-state index is 13.4. The Balaban J connectivity index is 1.77. The number of nitrogens with one attached hydrogen (secondary N) is 1. The standard InChI is InChI=1S/C15H19F3N2O3/c16-12-7-14(18)13(17)5-10(12)6-15(22)19-8-11(21)9-20-1-3-23-4-2-20/h5,7,11,21H,1-4,6,8-9H2,(H,19,22). The van der Waals surface area contributed by atoms with E-state index >= 15 is 0 Å². The van der Waals surface area contributed by atoms with Crippen molar-refractivity contribution >= 4 is 5.91 Å². The van der Waals surface area contributed by atoms with Gasteiger partial charge in [-0.3, -0.25) is 9.69 Å². The molecule has 2 rings (SSSR count). The lowest BCUT2D eigenvalue weighted by atomic mass is 10.1. The van der Waals surface area contributed by atoms with E-state index in [-0.39, 0.29) is 12.1 Å². The van der Waals surface area contributed by atoms with Gasteiger partial charge in [-0.25, -0.2) is 13.2 Å². The Morgan fingerprint density at radius 1 is 1.22 bits per heavy atom. The summed E-state index contributed by atoms with van der Waals surface area (Å²) >= 11 is 0. The number of hydrogen-bond acceptors (Lipinski definition) is 4. The molecule has 1 fully saturated rings. The van der Waals surface area contributed by atoms with E-state index in [0.29, 0.717) is 45.0 Å². The fourth-order valence-electron chi connectivity index (χ4n) is 2.31. The molecular weight excluding hydrogens is 313 g/mol. The SMILES string of the molecule is O=C(Cc1cc(F)c(F)cc1F)NCC(O)CN1CCOCC1. The molecule has 1 aromatic carbocycles. The first-order valence-corrected chi connectivity index (χ1v) is 7.34. The molecule has 1 unspecified atom stereocenters. The molecule has 23 heavy (non-hydrogen) atoms. The number of amides is 1. The average molecular weight is 332 g/mol. The molecule has 1 aromatic rings. The van der Waals surface area contributed by atoms with E-state index in [4.69, 9.17) is 4.74 Å². The van der Waals surface area contributed by atoms with Crippen LogP contribution in [0.25, 0.3) is 0 Å². The summed E-state index contributed by atoms with van der Waals surface area (Å²) < 4.78 is 44.5. The molecule has 1 amide bonds. The van der Waals surface area contributed by atoms with Crippen LogP contribution in [-0.4, -0.2) is 61.4 Å². The molecule has 0 bridgehead atoms. The highest BCUT2D eigenvalue weighted by atomic mass is 19.2. The van der Waals surface area contributed by atoms with E-state index < -0.39 is 35.9 Å². The quantitative estimate of drug-likeness (QED) is 0.743. The van der Waals surface area contributed by atoms with E-state index in [1.165, 1.54) is 0 Å². The molecule has 0 aromatic heterocycles. The van der Waals surface area contributed by atoms with Crippen LogP contribution < -0.4 is 5.32 Å². The predicted octanol–water partition coefficient (Wildman–Crippen LogP) is 0.456. The number of halogens is 3. The van der Waals surface area contributed by atoms with Gasteiger partial charge in [-0.1, -0.05) is 0 Å². The van der Waals surface area contributed by atoms with Gasteiger partial charge in [-0.15, -0.1) is 0 Å². The number of β-amino-alcohol motifs (C(OH)–C–C–N with tert-alkyl or cyclic N) is 1. The molecule has 0 radical (unpaired) electrons. The van der Waals surface area contributed by atoms with Crippen molar-refractivity contribution in [3.8, 4) is 0 Å². The van der Waals surface area contributed by atoms with Gasteiger partial charge in [0.15, 0.2) is 11.6 Å². The number of hydrogen-bond donors (Lipinski definition) is 2. The molecule has 1 aliphatic rings. The summed E-state index contributed by atoms with van der Waals surface area (Å²) in [5.41, 5.74) is -0.232. The van der Waals surface area contributed by atoms with Crippen LogP contribution in [-0.2, 0) is 16.0 Å². The Hall–Kier alpha value is -1.64. The highest BCUT2D eigenvalue weighted by Crippen LogP contribution is 2.14. The van der Waals surface area contributed by atoms with Gasteiger partial charge in [0.1, 0.15) is 5.82 Å². The van der Waals surface area contributed by atoms with Crippen molar-refractivity contribution in [2.45, 2.75) is 12.5 Å². The van der Waals surface area contributed by atoms with Crippen LogP contribution in [0.2, 0.25) is 0 Å². The second-order valence-corrected chi connectivity index (χ2v) is 5.41. The third-order valence-corrected chi connectivity index (χ3v) is 3.55. The molecule has 1 aliphatic heterocycles. The summed E-state index contributed by atoms with van der Waals surface area (Å²) in [5, 5.41) is 12.3. The number of carbonyl (C=O) groups excluding carboxylic acids is 1. The molecule has 1 saturated heterocycles. The van der Waals surface area contributed by atoms with E-state index in [9.17, 15) is 23.1 Å². The number of ether oxygens (including phenoxy) is 1. The normalized spacial score (nSPS) is 17.0. The number of aliphatic hydroxyl groups is 1. The lowest BCUT2D eigenvalue weighted by Gasteiger charge is -2.28. The van der Waals surface area contributed by atoms with E-state index in [0.717, 1.165) is 0 Å². The lowest BCUT2D eigenvalue weighted by Crippen LogP contribution is -2.44. The molecular formula is C15H19F3N2O3. The fourth-order valence-corrected chi connectivity index (χ4v) is 2.31. The molecule has 1 heterocycles. The third kappa shape index (κ3) is 5.49. The first-order valence-electron chi connectivity index (χ1n) is 7.34. The molecule has 0 spiro atoms. The minimum Gasteiger partial charge on any atom is -0.390 e. The van der Waals surface area contributed by atoms with E-state index in [1.807, 2.05) is 4.90 Å². The van der Waals surface area contributed by atoms with E-state index in [1.54, 1.807) is 0 Å². The monoisotopic (exact) mass is 332 g/mol. The molecule has 0 aliphatic carbocycles. The number of nitrogens with zero attached hydrogens (tertiary/aromatic N) is 1. The zero-order chi connectivity index (χ0) is 16.8. The number of rotatable bonds is 6. The second-order valence-electron chi connectivity index (χ2n) is 5.41. The van der Waals surface area contributed by atoms with Crippen LogP contribution in [0.1, 0.15) is 5.56 Å². The molecule has 2 N–H and O–H groups in total. The van der Waals surface area contributed by atoms with Gasteiger partial charge in [-0.05, 0) is 6.07 Å². The summed E-state index contributed by atoms with van der Waals surface area (Å²) in [5.74, 6) is -4.06. The summed E-state index contributed by atoms with van der Waals surface area (Å²) in [6.07, 6.45) is -1.19. The number of benzene rings is 1. The fraction of sp³-hybridized carbons (Fsp3) is 0.533. The predicted molar refractivity (Wildman–Crippen MR) is 76.3 cm³/mol. The molecule has 128 valence electrons. The minimum absolute atomic E-state index is 0.00147. The van der Waals surface area contributed by atoms with Crippen molar-refractivity contribution in [2.75, 3.05) is 39.4 Å². The summed E-state index contributed by atoms with van der Waals surface area (Å²) in [6.45, 7) is 3.03. The van der Waals surface area contributed by atoms with Gasteiger partial charge in [0, 0.05) is 37.8 Å². The van der Waals surface area contributed by atoms with Crippen molar-refractivity contribution in [1.82, 2.24) is 10.2 Å². The van der Waals surface area contributed by atoms with Gasteiger partial charge >= 0.3 is 0 Å². The van der Waals surface area contributed by atoms with Crippen LogP contribution in [0.3, 0.4) is 0 Å². The average Bonchev–Trinajstić information content (AvgIpc) is 2.51. The Kier molecular flexibility index (Phi) is 6.37. The van der Waals surface area contributed by atoms with Gasteiger partial charge in [0.05, 0.1) is 25.7 Å². The summed E-state index contributed by atoms with van der Waals surface area (Å²) in [7, 11) is 0. The lowest BCUT2D eigenvalue weighted by molar-refractivity contribution is -0.121. The van der Waals surface area contributed by atoms with E-state index in [2.05, 4.69) is 5.32 Å². The van der Waals surface area contributed by atoms with Crippen molar-refractivity contribution in [3.63, 3.8) is 0 Å². The maximum Gasteiger partial charge on any atom is 0.224 e. The van der Waals surface area contributed by atoms with Crippen molar-refractivity contribution in [1.29, 1.82) is 0 Å². The summed E-state index contributed by atoms with van der Waals surface area (Å²) in [6, 6.07) is 1.07. The molecule has 8 heteroatoms. The first-order chi connectivity index (χ1) is 11.0. The smallest absolute Gasteiger partial charge is 0.224 e. The molecule has 5 nitrogen and oxygen atoms in total. The minimum atomic E-state index is -1.30. The Bertz CT molecular complexity index is 551. The highest BCUT2D eigenvalue weighted by molar-refractivity contribution is 5.78. The molecule has 0 saturated carbocycles. The van der Waals surface area contributed by atoms with Crippen molar-refractivity contribution < 1.29 is 27.8 Å². The van der Waals surface area contributed by atoms with Crippen molar-refractivity contribution in [2.24, 2.45) is 0 Å². The Morgan fingerprint density at radius 2 is 1.87 bits per heavy atom. The number of morpholine rings is 1. The second kappa shape index (κ2) is 8.28. The zero-order valence-electron chi connectivity index (χ0n) is 12.5. The Labute approximate surface area is 132 Å². The highest BCUT2D eigenvalue weighted by Gasteiger charge is 2.17. The van der Waals surface area contributed by atoms with Crippen LogP contribution in [0.4, 0.5) is 13.2 Å². The largest absolute Gasteiger partial charge is 0.390 e. The third-order valence-electron chi connectivity index (χ3n) is 3.55. The van der Waals surface area contributed by atoms with Crippen LogP contribution >= 0.6 is 0 Å². The van der Waals surface area contributed by atoms with Gasteiger partial charge < -0.3 is 15.2 Å². The molecule has 1 atom stereocenters. The van der Waals surface area contributed by atoms with Crippen LogP contribution in [0, 0.1) is 17.5 Å². The topological polar surface area (TPSA) is 61.8 Å². The number of aliphatic hydroxyl groups excluding tert-OH is 1. The van der Waals surface area contributed by atoms with Crippen LogP contribution in [0.5, 0.6) is 0 Å². The van der Waals surface area contributed by atoms with Crippen molar-refractivity contribution in [3.05, 3.63) is 35.1 Å². The van der Waals surface area contributed by atoms with Gasteiger partial charge in [0.2, 0.25) is 5.91 Å². The maximum absolute atomic E-state index is 13.4. The Morgan fingerprint density at radius 3 is 2.57 bits per heavy atom. The number of carbonyl (C=O) groups is 1. The van der Waals surface area contributed by atoms with Gasteiger partial charge in [0.25, 0.3) is 0 Å².